The largest absolute Gasteiger partial charge is 0.388 e. The Balaban J connectivity index is 0.000000756. The minimum absolute atomic E-state index is 0.0881. The summed E-state index contributed by atoms with van der Waals surface area (Å²) >= 11 is 0. The Hall–Kier alpha value is -2.64. The molecule has 7 heteroatoms. The molecule has 0 N–H and O–H groups in total. The monoisotopic (exact) mass is 537 g/mol. The molecule has 38 heavy (non-hydrogen) atoms. The Morgan fingerprint density at radius 3 is 2.03 bits per heavy atom. The number of para-hydroxylation sites is 1. The first-order valence-electron chi connectivity index (χ1n) is 12.8. The SMILES string of the molecule is C=CC(C)c1cccc(F)c1N1CCC(COC(C)(C)C)CC1.C=O.COC.Cc1ccc(C(F)F)cc1. The predicted molar refractivity (Wildman–Crippen MR) is 152 cm³/mol. The second-order valence-electron chi connectivity index (χ2n) is 10.2. The van der Waals surface area contributed by atoms with Crippen molar-refractivity contribution in [1.29, 1.82) is 0 Å². The zero-order valence-electron chi connectivity index (χ0n) is 24.1. The fraction of sp³-hybridized carbons (Fsp3) is 0.516. The molecule has 1 atom stereocenters. The minimum atomic E-state index is -2.35. The molecule has 1 heterocycles. The van der Waals surface area contributed by atoms with Gasteiger partial charge in [0, 0.05) is 38.8 Å². The molecule has 0 saturated carbocycles. The lowest BCUT2D eigenvalue weighted by atomic mass is 9.94. The van der Waals surface area contributed by atoms with Crippen LogP contribution in [0.15, 0.2) is 55.1 Å². The first-order chi connectivity index (χ1) is 17.9. The molecule has 2 aromatic rings. The summed E-state index contributed by atoms with van der Waals surface area (Å²) in [6, 6.07) is 11.6. The number of alkyl halides is 2. The second kappa shape index (κ2) is 18.6. The highest BCUT2D eigenvalue weighted by Gasteiger charge is 2.25. The number of anilines is 1. The number of carbonyl (C=O) groups excluding carboxylic acids is 1. The molecule has 0 aliphatic carbocycles. The summed E-state index contributed by atoms with van der Waals surface area (Å²) < 4.78 is 48.4. The Labute approximate surface area is 227 Å². The van der Waals surface area contributed by atoms with Crippen molar-refractivity contribution in [1.82, 2.24) is 0 Å². The van der Waals surface area contributed by atoms with E-state index in [1.807, 2.05) is 25.9 Å². The highest BCUT2D eigenvalue weighted by Crippen LogP contribution is 2.34. The molecule has 0 bridgehead atoms. The zero-order valence-corrected chi connectivity index (χ0v) is 24.1. The van der Waals surface area contributed by atoms with E-state index in [1.54, 1.807) is 38.5 Å². The average molecular weight is 538 g/mol. The van der Waals surface area contributed by atoms with E-state index in [4.69, 9.17) is 9.53 Å². The highest BCUT2D eigenvalue weighted by molar-refractivity contribution is 5.57. The van der Waals surface area contributed by atoms with Crippen LogP contribution in [-0.2, 0) is 14.3 Å². The van der Waals surface area contributed by atoms with E-state index in [0.29, 0.717) is 5.92 Å². The Morgan fingerprint density at radius 2 is 1.58 bits per heavy atom. The highest BCUT2D eigenvalue weighted by atomic mass is 19.3. The van der Waals surface area contributed by atoms with Crippen LogP contribution < -0.4 is 4.90 Å². The van der Waals surface area contributed by atoms with Crippen molar-refractivity contribution in [3.63, 3.8) is 0 Å². The van der Waals surface area contributed by atoms with Gasteiger partial charge in [-0.15, -0.1) is 6.58 Å². The molecule has 0 spiro atoms. The summed E-state index contributed by atoms with van der Waals surface area (Å²) in [5.74, 6) is 0.598. The molecular weight excluding hydrogens is 491 g/mol. The average Bonchev–Trinajstić information content (AvgIpc) is 2.89. The smallest absolute Gasteiger partial charge is 0.263 e. The molecule has 0 radical (unpaired) electrons. The van der Waals surface area contributed by atoms with Gasteiger partial charge in [-0.05, 0) is 58.1 Å². The van der Waals surface area contributed by atoms with Crippen LogP contribution >= 0.6 is 0 Å². The molecule has 4 nitrogen and oxygen atoms in total. The number of halogens is 3. The zero-order chi connectivity index (χ0) is 29.3. The number of rotatable bonds is 6. The van der Waals surface area contributed by atoms with Gasteiger partial charge in [-0.25, -0.2) is 13.2 Å². The van der Waals surface area contributed by atoms with Gasteiger partial charge >= 0.3 is 0 Å². The van der Waals surface area contributed by atoms with Crippen molar-refractivity contribution in [3.05, 3.63) is 77.6 Å². The Bertz CT molecular complexity index is 906. The number of methoxy groups -OCH3 is 1. The van der Waals surface area contributed by atoms with Gasteiger partial charge in [0.1, 0.15) is 12.6 Å². The van der Waals surface area contributed by atoms with E-state index < -0.39 is 6.43 Å². The molecule has 2 aromatic carbocycles. The van der Waals surface area contributed by atoms with E-state index in [2.05, 4.69) is 43.9 Å². The van der Waals surface area contributed by atoms with Crippen LogP contribution in [0.3, 0.4) is 0 Å². The van der Waals surface area contributed by atoms with E-state index in [1.165, 1.54) is 12.1 Å². The van der Waals surface area contributed by atoms with Crippen LogP contribution in [0.4, 0.5) is 18.9 Å². The number of hydrogen-bond donors (Lipinski definition) is 0. The third-order valence-electron chi connectivity index (χ3n) is 5.87. The molecule has 214 valence electrons. The maximum Gasteiger partial charge on any atom is 0.263 e. The summed E-state index contributed by atoms with van der Waals surface area (Å²) in [6.07, 6.45) is 1.63. The quantitative estimate of drug-likeness (QED) is 0.349. The number of nitrogens with zero attached hydrogens (tertiary/aromatic N) is 1. The number of carbonyl (C=O) groups is 1. The summed E-state index contributed by atoms with van der Waals surface area (Å²) in [5, 5.41) is 0. The minimum Gasteiger partial charge on any atom is -0.388 e. The van der Waals surface area contributed by atoms with Gasteiger partial charge in [-0.3, -0.25) is 0 Å². The summed E-state index contributed by atoms with van der Waals surface area (Å²) in [4.78, 5) is 10.2. The third-order valence-corrected chi connectivity index (χ3v) is 5.87. The number of piperidine rings is 1. The van der Waals surface area contributed by atoms with Gasteiger partial charge in [-0.2, -0.15) is 0 Å². The van der Waals surface area contributed by atoms with Crippen molar-refractivity contribution in [2.24, 2.45) is 5.92 Å². The second-order valence-corrected chi connectivity index (χ2v) is 10.2. The van der Waals surface area contributed by atoms with Gasteiger partial charge in [0.25, 0.3) is 6.43 Å². The van der Waals surface area contributed by atoms with E-state index >= 15 is 0 Å². The van der Waals surface area contributed by atoms with Gasteiger partial charge in [0.05, 0.1) is 17.9 Å². The molecule has 1 saturated heterocycles. The molecule has 1 aliphatic rings. The molecular formula is C31H46F3NO3. The number of ether oxygens (including phenoxy) is 2. The van der Waals surface area contributed by atoms with Crippen molar-refractivity contribution >= 4 is 12.5 Å². The van der Waals surface area contributed by atoms with E-state index in [-0.39, 0.29) is 22.9 Å². The van der Waals surface area contributed by atoms with Gasteiger partial charge in [-0.1, -0.05) is 55.0 Å². The fourth-order valence-electron chi connectivity index (χ4n) is 3.76. The molecule has 0 aromatic heterocycles. The van der Waals surface area contributed by atoms with Crippen LogP contribution in [0, 0.1) is 18.7 Å². The third kappa shape index (κ3) is 13.2. The van der Waals surface area contributed by atoms with E-state index in [0.717, 1.165) is 49.4 Å². The predicted octanol–water partition coefficient (Wildman–Crippen LogP) is 8.16. The molecule has 1 fully saturated rings. The van der Waals surface area contributed by atoms with Crippen LogP contribution in [0.5, 0.6) is 0 Å². The standard InChI is InChI=1S/C20H30FNO.C8H8F2.C2H6O.CH2O/c1-6-15(2)17-8-7-9-18(21)19(17)22-12-10-16(11-13-22)14-23-20(3,4)5;1-6-2-4-7(5-3-6)8(9)10;1-3-2;1-2/h6-9,15-16H,1,10-14H2,2-5H3;2-5,8H,1H3;1-2H3;1H2. The van der Waals surface area contributed by atoms with Crippen molar-refractivity contribution in [3.8, 4) is 0 Å². The first kappa shape index (κ1) is 35.4. The van der Waals surface area contributed by atoms with Gasteiger partial charge in [0.15, 0.2) is 0 Å². The summed E-state index contributed by atoms with van der Waals surface area (Å²) in [7, 11) is 3.25. The van der Waals surface area contributed by atoms with Crippen LogP contribution in [0.1, 0.15) is 69.6 Å². The normalized spacial score (nSPS) is 14.2. The van der Waals surface area contributed by atoms with Crippen molar-refractivity contribution in [2.75, 3.05) is 38.8 Å². The lowest BCUT2D eigenvalue weighted by molar-refractivity contribution is -0.0980. The Morgan fingerprint density at radius 1 is 1.05 bits per heavy atom. The first-order valence-corrected chi connectivity index (χ1v) is 12.8. The van der Waals surface area contributed by atoms with Crippen molar-refractivity contribution < 1.29 is 27.4 Å². The summed E-state index contributed by atoms with van der Waals surface area (Å²) in [5.41, 5.74) is 2.80. The van der Waals surface area contributed by atoms with Crippen LogP contribution in [-0.4, -0.2) is 46.3 Å². The number of allylic oxidation sites excluding steroid dienone is 1. The van der Waals surface area contributed by atoms with Crippen LogP contribution in [0.25, 0.3) is 0 Å². The van der Waals surface area contributed by atoms with Gasteiger partial charge in [0.2, 0.25) is 0 Å². The molecule has 1 unspecified atom stereocenters. The van der Waals surface area contributed by atoms with Crippen LogP contribution in [0.2, 0.25) is 0 Å². The number of benzene rings is 2. The maximum absolute atomic E-state index is 14.4. The summed E-state index contributed by atoms with van der Waals surface area (Å²) in [6.45, 7) is 18.6. The number of aryl methyl sites for hydroxylation is 1. The molecule has 1 aliphatic heterocycles. The maximum atomic E-state index is 14.4. The lowest BCUT2D eigenvalue weighted by Gasteiger charge is -2.36. The fourth-order valence-corrected chi connectivity index (χ4v) is 3.76. The topological polar surface area (TPSA) is 38.8 Å². The molecule has 0 amide bonds. The lowest BCUT2D eigenvalue weighted by Crippen LogP contribution is -2.37. The van der Waals surface area contributed by atoms with E-state index in [9.17, 15) is 13.2 Å². The number of hydrogen-bond acceptors (Lipinski definition) is 4. The van der Waals surface area contributed by atoms with Crippen molar-refractivity contribution in [2.45, 2.75) is 65.4 Å². The Kier molecular flexibility index (Phi) is 17.3. The molecule has 3 rings (SSSR count). The van der Waals surface area contributed by atoms with Gasteiger partial charge < -0.3 is 19.2 Å².